The lowest BCUT2D eigenvalue weighted by atomic mass is 10.0. The van der Waals surface area contributed by atoms with Crippen molar-refractivity contribution in [2.75, 3.05) is 0 Å². The van der Waals surface area contributed by atoms with E-state index in [1.165, 1.54) is 0 Å². The molecule has 0 aliphatic rings. The number of rotatable bonds is 6. The van der Waals surface area contributed by atoms with Gasteiger partial charge in [0.1, 0.15) is 12.4 Å². The van der Waals surface area contributed by atoms with E-state index in [1.807, 2.05) is 60.7 Å². The highest BCUT2D eigenvalue weighted by Crippen LogP contribution is 2.27. The summed E-state index contributed by atoms with van der Waals surface area (Å²) >= 11 is 9.57. The third-order valence-electron chi connectivity index (χ3n) is 4.69. The average molecular weight is 494 g/mol. The number of carbonyl (C=O) groups is 1. The number of amides is 1. The van der Waals surface area contributed by atoms with Crippen molar-refractivity contribution < 1.29 is 9.53 Å². The third-order valence-corrected chi connectivity index (χ3v) is 5.52. The summed E-state index contributed by atoms with van der Waals surface area (Å²) in [7, 11) is 0. The van der Waals surface area contributed by atoms with E-state index in [-0.39, 0.29) is 5.91 Å². The molecule has 0 heterocycles. The molecule has 0 bridgehead atoms. The smallest absolute Gasteiger partial charge is 0.272 e. The Labute approximate surface area is 193 Å². The Hall–Kier alpha value is -3.15. The first kappa shape index (κ1) is 21.1. The maximum Gasteiger partial charge on any atom is 0.272 e. The van der Waals surface area contributed by atoms with Gasteiger partial charge >= 0.3 is 0 Å². The summed E-state index contributed by atoms with van der Waals surface area (Å²) in [6, 6.07) is 26.7. The zero-order valence-electron chi connectivity index (χ0n) is 16.4. The maximum atomic E-state index is 12.4. The van der Waals surface area contributed by atoms with E-state index < -0.39 is 0 Å². The predicted octanol–water partition coefficient (Wildman–Crippen LogP) is 6.60. The van der Waals surface area contributed by atoms with Crippen LogP contribution in [0.15, 0.2) is 94.5 Å². The van der Waals surface area contributed by atoms with Crippen LogP contribution in [0.2, 0.25) is 5.02 Å². The molecule has 154 valence electrons. The molecule has 0 radical (unpaired) electrons. The Morgan fingerprint density at radius 2 is 1.81 bits per heavy atom. The standard InChI is InChI=1S/C25H18BrClN2O2/c26-19-8-5-6-17(14-19)16-31-24-13-12-18-7-1-2-9-20(18)22(24)15-28-29-25(30)21-10-3-4-11-23(21)27/h1-15H,16H2,(H,29,30)/b28-15+. The van der Waals surface area contributed by atoms with Gasteiger partial charge in [0.05, 0.1) is 16.8 Å². The van der Waals surface area contributed by atoms with Gasteiger partial charge in [-0.1, -0.05) is 82.1 Å². The highest BCUT2D eigenvalue weighted by atomic mass is 79.9. The van der Waals surface area contributed by atoms with Gasteiger partial charge in [0, 0.05) is 10.0 Å². The van der Waals surface area contributed by atoms with Crippen molar-refractivity contribution in [3.8, 4) is 5.75 Å². The van der Waals surface area contributed by atoms with Crippen molar-refractivity contribution in [2.24, 2.45) is 5.10 Å². The van der Waals surface area contributed by atoms with Crippen molar-refractivity contribution in [1.82, 2.24) is 5.43 Å². The number of halogens is 2. The fourth-order valence-corrected chi connectivity index (χ4v) is 3.85. The molecule has 0 aliphatic carbocycles. The van der Waals surface area contributed by atoms with E-state index in [4.69, 9.17) is 16.3 Å². The van der Waals surface area contributed by atoms with Crippen LogP contribution < -0.4 is 10.2 Å². The minimum absolute atomic E-state index is 0.366. The van der Waals surface area contributed by atoms with Crippen LogP contribution in [0.4, 0.5) is 0 Å². The number of nitrogens with one attached hydrogen (secondary N) is 1. The Bertz CT molecular complexity index is 1270. The number of hydrogen-bond acceptors (Lipinski definition) is 3. The minimum Gasteiger partial charge on any atom is -0.488 e. The van der Waals surface area contributed by atoms with Crippen molar-refractivity contribution in [1.29, 1.82) is 0 Å². The Morgan fingerprint density at radius 1 is 1.00 bits per heavy atom. The number of ether oxygens (including phenoxy) is 1. The number of benzene rings is 4. The van der Waals surface area contributed by atoms with Gasteiger partial charge in [0.25, 0.3) is 5.91 Å². The van der Waals surface area contributed by atoms with E-state index in [9.17, 15) is 4.79 Å². The van der Waals surface area contributed by atoms with Crippen LogP contribution in [-0.4, -0.2) is 12.1 Å². The largest absolute Gasteiger partial charge is 0.488 e. The normalized spacial score (nSPS) is 11.0. The molecule has 0 fully saturated rings. The van der Waals surface area contributed by atoms with Crippen molar-refractivity contribution in [2.45, 2.75) is 6.61 Å². The minimum atomic E-state index is -0.376. The summed E-state index contributed by atoms with van der Waals surface area (Å²) in [4.78, 5) is 12.4. The van der Waals surface area contributed by atoms with E-state index in [0.717, 1.165) is 26.4 Å². The lowest BCUT2D eigenvalue weighted by Gasteiger charge is -2.12. The van der Waals surface area contributed by atoms with Crippen LogP contribution in [-0.2, 0) is 6.61 Å². The molecule has 0 aliphatic heterocycles. The Balaban J connectivity index is 1.60. The highest BCUT2D eigenvalue weighted by molar-refractivity contribution is 9.10. The Morgan fingerprint density at radius 3 is 2.65 bits per heavy atom. The fraction of sp³-hybridized carbons (Fsp3) is 0.0400. The van der Waals surface area contributed by atoms with Crippen LogP contribution >= 0.6 is 27.5 Å². The van der Waals surface area contributed by atoms with Crippen molar-refractivity contribution in [3.63, 3.8) is 0 Å². The van der Waals surface area contributed by atoms with Gasteiger partial charge in [0.2, 0.25) is 0 Å². The number of carbonyl (C=O) groups excluding carboxylic acids is 1. The molecule has 1 N–H and O–H groups in total. The number of fused-ring (bicyclic) bond motifs is 1. The molecule has 0 aromatic heterocycles. The third kappa shape index (κ3) is 5.13. The fourth-order valence-electron chi connectivity index (χ4n) is 3.18. The summed E-state index contributed by atoms with van der Waals surface area (Å²) in [5.74, 6) is 0.299. The van der Waals surface area contributed by atoms with Gasteiger partial charge in [-0.05, 0) is 46.7 Å². The van der Waals surface area contributed by atoms with E-state index in [1.54, 1.807) is 30.5 Å². The molecule has 0 atom stereocenters. The second kappa shape index (κ2) is 9.77. The molecule has 4 aromatic carbocycles. The van der Waals surface area contributed by atoms with Crippen molar-refractivity contribution in [3.05, 3.63) is 111 Å². The van der Waals surface area contributed by atoms with Gasteiger partial charge in [-0.25, -0.2) is 5.43 Å². The zero-order chi connectivity index (χ0) is 21.6. The lowest BCUT2D eigenvalue weighted by Crippen LogP contribution is -2.18. The molecule has 4 rings (SSSR count). The molecule has 4 aromatic rings. The van der Waals surface area contributed by atoms with Gasteiger partial charge in [-0.15, -0.1) is 0 Å². The van der Waals surface area contributed by atoms with Gasteiger partial charge in [-0.2, -0.15) is 5.10 Å². The van der Waals surface area contributed by atoms with Crippen LogP contribution in [0.25, 0.3) is 10.8 Å². The molecule has 1 amide bonds. The second-order valence-electron chi connectivity index (χ2n) is 6.80. The number of hydrazone groups is 1. The molecular weight excluding hydrogens is 476 g/mol. The lowest BCUT2D eigenvalue weighted by molar-refractivity contribution is 0.0955. The van der Waals surface area contributed by atoms with Crippen LogP contribution in [0, 0.1) is 0 Å². The summed E-state index contributed by atoms with van der Waals surface area (Å²) in [5.41, 5.74) is 4.74. The summed E-state index contributed by atoms with van der Waals surface area (Å²) in [5, 5.41) is 6.57. The first-order valence-corrected chi connectivity index (χ1v) is 10.8. The first-order chi connectivity index (χ1) is 15.1. The van der Waals surface area contributed by atoms with Crippen LogP contribution in [0.3, 0.4) is 0 Å². The number of nitrogens with zero attached hydrogens (tertiary/aromatic N) is 1. The van der Waals surface area contributed by atoms with Crippen LogP contribution in [0.1, 0.15) is 21.5 Å². The molecule has 31 heavy (non-hydrogen) atoms. The monoisotopic (exact) mass is 492 g/mol. The topological polar surface area (TPSA) is 50.7 Å². The van der Waals surface area contributed by atoms with E-state index in [0.29, 0.717) is 22.9 Å². The number of hydrogen-bond donors (Lipinski definition) is 1. The van der Waals surface area contributed by atoms with E-state index >= 15 is 0 Å². The molecule has 0 spiro atoms. The van der Waals surface area contributed by atoms with E-state index in [2.05, 4.69) is 26.5 Å². The zero-order valence-corrected chi connectivity index (χ0v) is 18.7. The maximum absolute atomic E-state index is 12.4. The molecule has 4 nitrogen and oxygen atoms in total. The summed E-state index contributed by atoms with van der Waals surface area (Å²) in [6.07, 6.45) is 1.60. The summed E-state index contributed by atoms with van der Waals surface area (Å²) < 4.78 is 7.10. The highest BCUT2D eigenvalue weighted by Gasteiger charge is 2.10. The van der Waals surface area contributed by atoms with Crippen molar-refractivity contribution >= 4 is 50.4 Å². The van der Waals surface area contributed by atoms with Gasteiger partial charge < -0.3 is 4.74 Å². The molecule has 6 heteroatoms. The van der Waals surface area contributed by atoms with Gasteiger partial charge in [-0.3, -0.25) is 4.79 Å². The molecule has 0 saturated carbocycles. The quantitative estimate of drug-likeness (QED) is 0.243. The summed E-state index contributed by atoms with van der Waals surface area (Å²) in [6.45, 7) is 0.407. The second-order valence-corrected chi connectivity index (χ2v) is 8.12. The predicted molar refractivity (Wildman–Crippen MR) is 129 cm³/mol. The molecule has 0 saturated heterocycles. The average Bonchev–Trinajstić information content (AvgIpc) is 2.78. The molecule has 0 unspecified atom stereocenters. The Kier molecular flexibility index (Phi) is 6.65. The SMILES string of the molecule is O=C(N/N=C/c1c(OCc2cccc(Br)c2)ccc2ccccc12)c1ccccc1Cl. The first-order valence-electron chi connectivity index (χ1n) is 9.59. The molecular formula is C25H18BrClN2O2. The van der Waals surface area contributed by atoms with Crippen LogP contribution in [0.5, 0.6) is 5.75 Å². The van der Waals surface area contributed by atoms with Gasteiger partial charge in [0.15, 0.2) is 0 Å².